The zero-order chi connectivity index (χ0) is 14.8. The number of aromatic amines is 1. The van der Waals surface area contributed by atoms with Crippen LogP contribution < -0.4 is 5.73 Å². The molecule has 3 rings (SSSR count). The number of furan rings is 1. The molecular weight excluding hydrogens is 268 g/mol. The third kappa shape index (κ3) is 2.71. The molecule has 1 aliphatic heterocycles. The Morgan fingerprint density at radius 2 is 2.43 bits per heavy atom. The fraction of sp³-hybridized carbons (Fsp3) is 0.467. The molecule has 21 heavy (non-hydrogen) atoms. The second kappa shape index (κ2) is 5.73. The van der Waals surface area contributed by atoms with Gasteiger partial charge in [0.05, 0.1) is 29.8 Å². The van der Waals surface area contributed by atoms with Crippen molar-refractivity contribution in [1.29, 1.82) is 0 Å². The number of H-pyrrole nitrogens is 1. The molecule has 0 aromatic carbocycles. The van der Waals surface area contributed by atoms with Crippen LogP contribution in [0.15, 0.2) is 22.9 Å². The molecule has 2 aromatic rings. The van der Waals surface area contributed by atoms with E-state index in [0.29, 0.717) is 5.56 Å². The Morgan fingerprint density at radius 1 is 1.57 bits per heavy atom. The predicted molar refractivity (Wildman–Crippen MR) is 77.6 cm³/mol. The molecule has 1 fully saturated rings. The quantitative estimate of drug-likeness (QED) is 0.902. The molecule has 1 aliphatic rings. The molecule has 3 heterocycles. The highest BCUT2D eigenvalue weighted by molar-refractivity contribution is 5.93. The summed E-state index contributed by atoms with van der Waals surface area (Å²) in [7, 11) is 0. The van der Waals surface area contributed by atoms with E-state index in [2.05, 4.69) is 15.1 Å². The summed E-state index contributed by atoms with van der Waals surface area (Å²) in [5.41, 5.74) is 7.95. The third-order valence-corrected chi connectivity index (χ3v) is 4.22. The molecule has 0 saturated carbocycles. The van der Waals surface area contributed by atoms with Crippen molar-refractivity contribution >= 4 is 5.91 Å². The van der Waals surface area contributed by atoms with Gasteiger partial charge in [-0.05, 0) is 32.4 Å². The number of carbonyl (C=O) groups is 1. The van der Waals surface area contributed by atoms with Crippen LogP contribution in [0, 0.1) is 6.92 Å². The van der Waals surface area contributed by atoms with Gasteiger partial charge in [-0.3, -0.25) is 14.8 Å². The third-order valence-electron chi connectivity index (χ3n) is 4.22. The van der Waals surface area contributed by atoms with Gasteiger partial charge in [-0.1, -0.05) is 6.42 Å². The van der Waals surface area contributed by atoms with Crippen LogP contribution in [-0.4, -0.2) is 27.5 Å². The number of rotatable bonds is 4. The van der Waals surface area contributed by atoms with Crippen molar-refractivity contribution < 1.29 is 9.21 Å². The summed E-state index contributed by atoms with van der Waals surface area (Å²) in [5, 5.41) is 6.96. The summed E-state index contributed by atoms with van der Waals surface area (Å²) < 4.78 is 5.37. The normalized spacial score (nSPS) is 19.8. The lowest BCUT2D eigenvalue weighted by Gasteiger charge is -2.35. The summed E-state index contributed by atoms with van der Waals surface area (Å²) in [4.78, 5) is 13.9. The molecule has 0 spiro atoms. The molecule has 1 unspecified atom stereocenters. The Hall–Kier alpha value is -2.08. The Morgan fingerprint density at radius 3 is 3.14 bits per heavy atom. The van der Waals surface area contributed by atoms with Crippen LogP contribution in [0.3, 0.4) is 0 Å². The highest BCUT2D eigenvalue weighted by Gasteiger charge is 2.29. The standard InChI is InChI=1S/C15H20N4O2/c1-10-11(5-7-21-10)9-19-6-3-2-4-13(19)14-12(15(16)20)8-17-18-14/h5,7-8,13H,2-4,6,9H2,1H3,(H2,16,20)(H,17,18). The Balaban J connectivity index is 1.86. The number of likely N-dealkylation sites (tertiary alicyclic amines) is 1. The molecule has 0 radical (unpaired) electrons. The van der Waals surface area contributed by atoms with Crippen molar-refractivity contribution in [1.82, 2.24) is 15.1 Å². The van der Waals surface area contributed by atoms with Crippen LogP contribution in [0.2, 0.25) is 0 Å². The smallest absolute Gasteiger partial charge is 0.252 e. The van der Waals surface area contributed by atoms with E-state index in [0.717, 1.165) is 43.8 Å². The van der Waals surface area contributed by atoms with Crippen LogP contribution in [0.1, 0.15) is 52.7 Å². The molecular formula is C15H20N4O2. The summed E-state index contributed by atoms with van der Waals surface area (Å²) in [6, 6.07) is 2.15. The molecule has 6 nitrogen and oxygen atoms in total. The highest BCUT2D eigenvalue weighted by atomic mass is 16.3. The lowest BCUT2D eigenvalue weighted by atomic mass is 9.96. The first-order valence-electron chi connectivity index (χ1n) is 7.27. The number of aromatic nitrogens is 2. The Kier molecular flexibility index (Phi) is 3.79. The van der Waals surface area contributed by atoms with Crippen LogP contribution >= 0.6 is 0 Å². The van der Waals surface area contributed by atoms with E-state index in [1.807, 2.05) is 13.0 Å². The zero-order valence-electron chi connectivity index (χ0n) is 12.1. The van der Waals surface area contributed by atoms with Crippen LogP contribution in [-0.2, 0) is 6.54 Å². The van der Waals surface area contributed by atoms with Crippen molar-refractivity contribution in [3.63, 3.8) is 0 Å². The lowest BCUT2D eigenvalue weighted by Crippen LogP contribution is -2.34. The van der Waals surface area contributed by atoms with Gasteiger partial charge >= 0.3 is 0 Å². The average molecular weight is 288 g/mol. The molecule has 0 bridgehead atoms. The number of hydrogen-bond acceptors (Lipinski definition) is 4. The van der Waals surface area contributed by atoms with Crippen LogP contribution in [0.4, 0.5) is 0 Å². The van der Waals surface area contributed by atoms with Crippen molar-refractivity contribution in [2.75, 3.05) is 6.54 Å². The number of hydrogen-bond donors (Lipinski definition) is 2. The van der Waals surface area contributed by atoms with Gasteiger partial charge in [0, 0.05) is 12.1 Å². The van der Waals surface area contributed by atoms with Gasteiger partial charge in [0.15, 0.2) is 0 Å². The maximum absolute atomic E-state index is 11.5. The minimum atomic E-state index is -0.427. The number of carbonyl (C=O) groups excluding carboxylic acids is 1. The largest absolute Gasteiger partial charge is 0.469 e. The Labute approximate surface area is 123 Å². The second-order valence-electron chi connectivity index (χ2n) is 5.55. The van der Waals surface area contributed by atoms with Gasteiger partial charge in [-0.25, -0.2) is 0 Å². The summed E-state index contributed by atoms with van der Waals surface area (Å²) >= 11 is 0. The van der Waals surface area contributed by atoms with Crippen molar-refractivity contribution in [3.8, 4) is 0 Å². The Bertz CT molecular complexity index is 631. The topological polar surface area (TPSA) is 88.2 Å². The van der Waals surface area contributed by atoms with Gasteiger partial charge in [0.2, 0.25) is 0 Å². The first-order chi connectivity index (χ1) is 10.2. The lowest BCUT2D eigenvalue weighted by molar-refractivity contribution is 0.0989. The number of primary amides is 1. The summed E-state index contributed by atoms with van der Waals surface area (Å²) in [6.45, 7) is 3.77. The number of nitrogens with two attached hydrogens (primary N) is 1. The zero-order valence-corrected chi connectivity index (χ0v) is 12.1. The molecule has 1 amide bonds. The molecule has 2 aromatic heterocycles. The molecule has 0 aliphatic carbocycles. The second-order valence-corrected chi connectivity index (χ2v) is 5.55. The number of aryl methyl sites for hydroxylation is 1. The number of amides is 1. The maximum atomic E-state index is 11.5. The van der Waals surface area contributed by atoms with Gasteiger partial charge < -0.3 is 10.2 Å². The average Bonchev–Trinajstić information content (AvgIpc) is 3.09. The minimum absolute atomic E-state index is 0.151. The molecule has 1 saturated heterocycles. The summed E-state index contributed by atoms with van der Waals surface area (Å²) in [6.07, 6.45) is 6.54. The number of piperidine rings is 1. The first kappa shape index (κ1) is 13.9. The highest BCUT2D eigenvalue weighted by Crippen LogP contribution is 2.33. The number of nitrogens with zero attached hydrogens (tertiary/aromatic N) is 2. The van der Waals surface area contributed by atoms with Gasteiger partial charge in [-0.15, -0.1) is 0 Å². The molecule has 6 heteroatoms. The first-order valence-corrected chi connectivity index (χ1v) is 7.27. The maximum Gasteiger partial charge on any atom is 0.252 e. The van der Waals surface area contributed by atoms with E-state index < -0.39 is 5.91 Å². The van der Waals surface area contributed by atoms with Gasteiger partial charge in [0.1, 0.15) is 5.76 Å². The van der Waals surface area contributed by atoms with Gasteiger partial charge in [0.25, 0.3) is 5.91 Å². The predicted octanol–water partition coefficient (Wildman–Crippen LogP) is 2.14. The van der Waals surface area contributed by atoms with Crippen molar-refractivity contribution in [2.45, 2.75) is 38.8 Å². The molecule has 1 atom stereocenters. The molecule has 3 N–H and O–H groups in total. The van der Waals surface area contributed by atoms with E-state index in [1.54, 1.807) is 6.26 Å². The van der Waals surface area contributed by atoms with Crippen molar-refractivity contribution in [2.24, 2.45) is 5.73 Å². The fourth-order valence-corrected chi connectivity index (χ4v) is 3.05. The fourth-order valence-electron chi connectivity index (χ4n) is 3.05. The SMILES string of the molecule is Cc1occc1CN1CCCCC1c1[nH]ncc1C(N)=O. The van der Waals surface area contributed by atoms with E-state index in [9.17, 15) is 4.79 Å². The monoisotopic (exact) mass is 288 g/mol. The van der Waals surface area contributed by atoms with Crippen LogP contribution in [0.5, 0.6) is 0 Å². The minimum Gasteiger partial charge on any atom is -0.469 e. The summed E-state index contributed by atoms with van der Waals surface area (Å²) in [5.74, 6) is 0.517. The molecule has 112 valence electrons. The van der Waals surface area contributed by atoms with E-state index in [4.69, 9.17) is 10.2 Å². The van der Waals surface area contributed by atoms with Crippen LogP contribution in [0.25, 0.3) is 0 Å². The van der Waals surface area contributed by atoms with E-state index >= 15 is 0 Å². The van der Waals surface area contributed by atoms with E-state index in [-0.39, 0.29) is 6.04 Å². The van der Waals surface area contributed by atoms with Gasteiger partial charge in [-0.2, -0.15) is 5.10 Å². The number of nitrogens with one attached hydrogen (secondary N) is 1. The van der Waals surface area contributed by atoms with Crippen molar-refractivity contribution in [3.05, 3.63) is 41.1 Å². The van der Waals surface area contributed by atoms with E-state index in [1.165, 1.54) is 11.8 Å².